The predicted molar refractivity (Wildman–Crippen MR) is 129 cm³/mol. The van der Waals surface area contributed by atoms with E-state index < -0.39 is 45.7 Å². The lowest BCUT2D eigenvalue weighted by Crippen LogP contribution is -2.29. The van der Waals surface area contributed by atoms with Gasteiger partial charge in [-0.05, 0) is 61.0 Å². The van der Waals surface area contributed by atoms with Crippen LogP contribution in [0.3, 0.4) is 0 Å². The van der Waals surface area contributed by atoms with Crippen molar-refractivity contribution in [2.24, 2.45) is 0 Å². The quantitative estimate of drug-likeness (QED) is 0.154. The summed E-state index contributed by atoms with van der Waals surface area (Å²) < 4.78 is 19.0. The van der Waals surface area contributed by atoms with Crippen molar-refractivity contribution in [3.05, 3.63) is 98.3 Å². The Morgan fingerprint density at radius 2 is 1.83 bits per heavy atom. The van der Waals surface area contributed by atoms with Crippen molar-refractivity contribution in [1.29, 1.82) is 0 Å². The maximum Gasteiger partial charge on any atom is 0.311 e. The average molecular weight is 513 g/mol. The van der Waals surface area contributed by atoms with Gasteiger partial charge >= 0.3 is 5.69 Å². The van der Waals surface area contributed by atoms with Crippen LogP contribution in [0.4, 0.5) is 15.8 Å². The number of phenolic OH excluding ortho intramolecular Hbond substituents is 1. The minimum atomic E-state index is -1.33. The van der Waals surface area contributed by atoms with Crippen LogP contribution in [0.15, 0.2) is 66.2 Å². The first kappa shape index (κ1) is 24.7. The van der Waals surface area contributed by atoms with Crippen molar-refractivity contribution in [1.82, 2.24) is 0 Å². The molecule has 9 nitrogen and oxygen atoms in total. The number of nitro benzene ring substituents is 1. The highest BCUT2D eigenvalue weighted by molar-refractivity contribution is 6.51. The number of ether oxygens (including phenoxy) is 1. The number of hydrogen-bond acceptors (Lipinski definition) is 7. The summed E-state index contributed by atoms with van der Waals surface area (Å²) in [7, 11) is 0. The van der Waals surface area contributed by atoms with E-state index in [9.17, 15) is 34.3 Å². The number of rotatable bonds is 6. The third-order valence-corrected chi connectivity index (χ3v) is 5.88. The van der Waals surface area contributed by atoms with Gasteiger partial charge in [-0.2, -0.15) is 0 Å². The first-order chi connectivity index (χ1) is 17.1. The van der Waals surface area contributed by atoms with Gasteiger partial charge in [0.25, 0.3) is 11.7 Å². The third kappa shape index (κ3) is 4.34. The molecule has 1 atom stereocenters. The number of Topliss-reactive ketones (excluding diaryl/α,β-unsaturated/α-hetero) is 1. The van der Waals surface area contributed by atoms with Gasteiger partial charge in [0.05, 0.1) is 28.2 Å². The van der Waals surface area contributed by atoms with Gasteiger partial charge in [0, 0.05) is 17.3 Å². The van der Waals surface area contributed by atoms with Crippen molar-refractivity contribution in [2.75, 3.05) is 11.5 Å². The highest BCUT2D eigenvalue weighted by Gasteiger charge is 2.47. The van der Waals surface area contributed by atoms with Crippen LogP contribution in [0.25, 0.3) is 5.76 Å². The fourth-order valence-corrected chi connectivity index (χ4v) is 4.12. The second-order valence-electron chi connectivity index (χ2n) is 7.73. The number of aromatic hydroxyl groups is 1. The van der Waals surface area contributed by atoms with Gasteiger partial charge in [0.1, 0.15) is 17.3 Å². The number of ketones is 1. The summed E-state index contributed by atoms with van der Waals surface area (Å²) >= 11 is 6.12. The van der Waals surface area contributed by atoms with Gasteiger partial charge in [-0.3, -0.25) is 24.6 Å². The topological polar surface area (TPSA) is 130 Å². The fraction of sp³-hybridized carbons (Fsp3) is 0.120. The van der Waals surface area contributed by atoms with Crippen molar-refractivity contribution in [3.8, 4) is 11.5 Å². The number of carbonyl (C=O) groups is 2. The fourth-order valence-electron chi connectivity index (χ4n) is 3.94. The molecule has 0 aromatic heterocycles. The number of benzene rings is 3. The number of nitrogens with zero attached hydrogens (tertiary/aromatic N) is 2. The highest BCUT2D eigenvalue weighted by atomic mass is 35.5. The summed E-state index contributed by atoms with van der Waals surface area (Å²) in [5.74, 6) is -3.66. The number of halogens is 2. The predicted octanol–water partition coefficient (Wildman–Crippen LogP) is 5.12. The molecular weight excluding hydrogens is 495 g/mol. The first-order valence-corrected chi connectivity index (χ1v) is 11.0. The van der Waals surface area contributed by atoms with E-state index in [-0.39, 0.29) is 39.8 Å². The normalized spacial score (nSPS) is 16.9. The molecular formula is C25H18ClFN2O7. The van der Waals surface area contributed by atoms with E-state index in [1.54, 1.807) is 6.92 Å². The van der Waals surface area contributed by atoms with E-state index in [2.05, 4.69) is 0 Å². The molecule has 184 valence electrons. The zero-order chi connectivity index (χ0) is 26.1. The molecule has 0 saturated carbocycles. The lowest BCUT2D eigenvalue weighted by atomic mass is 9.94. The molecule has 0 bridgehead atoms. The molecule has 1 amide bonds. The zero-order valence-corrected chi connectivity index (χ0v) is 19.4. The number of hydrogen-bond donors (Lipinski definition) is 2. The Hall–Kier alpha value is -4.44. The lowest BCUT2D eigenvalue weighted by molar-refractivity contribution is -0.385. The molecule has 1 fully saturated rings. The second-order valence-corrected chi connectivity index (χ2v) is 8.14. The third-order valence-electron chi connectivity index (χ3n) is 5.57. The average Bonchev–Trinajstić information content (AvgIpc) is 3.11. The van der Waals surface area contributed by atoms with E-state index in [1.165, 1.54) is 36.4 Å². The second kappa shape index (κ2) is 9.67. The van der Waals surface area contributed by atoms with Crippen molar-refractivity contribution < 1.29 is 33.9 Å². The van der Waals surface area contributed by atoms with Crippen LogP contribution in [0.2, 0.25) is 5.02 Å². The minimum absolute atomic E-state index is 0.0589. The number of nitro groups is 1. The number of anilines is 1. The van der Waals surface area contributed by atoms with Gasteiger partial charge < -0.3 is 14.9 Å². The molecule has 3 aromatic rings. The Morgan fingerprint density at radius 3 is 2.47 bits per heavy atom. The number of amides is 1. The zero-order valence-electron chi connectivity index (χ0n) is 18.6. The number of aliphatic hydroxyl groups excluding tert-OH is 1. The summed E-state index contributed by atoms with van der Waals surface area (Å²) in [5, 5.41) is 32.8. The monoisotopic (exact) mass is 512 g/mol. The van der Waals surface area contributed by atoms with Crippen LogP contribution >= 0.6 is 11.6 Å². The van der Waals surface area contributed by atoms with Crippen LogP contribution in [-0.2, 0) is 9.59 Å². The smallest absolute Gasteiger partial charge is 0.311 e. The minimum Gasteiger partial charge on any atom is -0.507 e. The number of carbonyl (C=O) groups excluding carboxylic acids is 2. The van der Waals surface area contributed by atoms with Crippen LogP contribution in [0.1, 0.15) is 24.1 Å². The molecule has 1 unspecified atom stereocenters. The van der Waals surface area contributed by atoms with Gasteiger partial charge in [-0.1, -0.05) is 17.7 Å². The number of aliphatic hydroxyl groups is 1. The van der Waals surface area contributed by atoms with Crippen LogP contribution in [-0.4, -0.2) is 33.4 Å². The van der Waals surface area contributed by atoms with Gasteiger partial charge in [-0.15, -0.1) is 0 Å². The van der Waals surface area contributed by atoms with Crippen molar-refractivity contribution in [2.45, 2.75) is 13.0 Å². The van der Waals surface area contributed by atoms with Crippen molar-refractivity contribution >= 4 is 40.4 Å². The molecule has 0 spiro atoms. The molecule has 2 N–H and O–H groups in total. The maximum absolute atomic E-state index is 13.6. The summed E-state index contributed by atoms with van der Waals surface area (Å²) in [6, 6.07) is 10.9. The molecule has 1 aliphatic rings. The van der Waals surface area contributed by atoms with Crippen LogP contribution in [0, 0.1) is 15.9 Å². The van der Waals surface area contributed by atoms with E-state index in [4.69, 9.17) is 16.3 Å². The Kier molecular flexibility index (Phi) is 6.63. The van der Waals surface area contributed by atoms with E-state index >= 15 is 0 Å². The van der Waals surface area contributed by atoms with Crippen LogP contribution in [0.5, 0.6) is 11.5 Å². The van der Waals surface area contributed by atoms with Gasteiger partial charge in [0.2, 0.25) is 0 Å². The Bertz CT molecular complexity index is 1420. The van der Waals surface area contributed by atoms with E-state index in [0.717, 1.165) is 29.2 Å². The Labute approximate surface area is 208 Å². The Balaban J connectivity index is 1.97. The first-order valence-electron chi connectivity index (χ1n) is 10.6. The molecule has 36 heavy (non-hydrogen) atoms. The molecule has 3 aromatic carbocycles. The summed E-state index contributed by atoms with van der Waals surface area (Å²) in [6.07, 6.45) is 0. The van der Waals surface area contributed by atoms with Crippen molar-refractivity contribution in [3.63, 3.8) is 0 Å². The molecule has 0 aliphatic carbocycles. The van der Waals surface area contributed by atoms with Gasteiger partial charge in [-0.25, -0.2) is 4.39 Å². The largest absolute Gasteiger partial charge is 0.507 e. The van der Waals surface area contributed by atoms with E-state index in [0.29, 0.717) is 0 Å². The summed E-state index contributed by atoms with van der Waals surface area (Å²) in [4.78, 5) is 38.0. The molecule has 1 aliphatic heterocycles. The molecule has 4 rings (SSSR count). The van der Waals surface area contributed by atoms with E-state index in [1.807, 2.05) is 0 Å². The number of phenols is 1. The highest BCUT2D eigenvalue weighted by Crippen LogP contribution is 2.44. The Morgan fingerprint density at radius 1 is 1.14 bits per heavy atom. The van der Waals surface area contributed by atoms with Gasteiger partial charge in [0.15, 0.2) is 5.75 Å². The standard InChI is InChI=1S/C25H18ClFN2O7/c1-2-36-20-12-14(3-9-17(20)26)23(31)21-22(13-4-10-19(30)18(11-13)29(34)35)28(25(33)24(21)32)16-7-5-15(27)6-8-16/h3-12,22,30-31H,2H2,1H3/b23-21-. The molecule has 0 radical (unpaired) electrons. The SMILES string of the molecule is CCOc1cc(/C(O)=C2/C(=O)C(=O)N(c3ccc(F)cc3)C2c2ccc(O)c([N+](=O)[O-])c2)ccc1Cl. The summed E-state index contributed by atoms with van der Waals surface area (Å²) in [5.41, 5.74) is -0.748. The summed E-state index contributed by atoms with van der Waals surface area (Å²) in [6.45, 7) is 2.00. The molecule has 11 heteroatoms. The molecule has 1 saturated heterocycles. The maximum atomic E-state index is 13.6. The van der Waals surface area contributed by atoms with Crippen LogP contribution < -0.4 is 9.64 Å². The lowest BCUT2D eigenvalue weighted by Gasteiger charge is -2.25. The molecule has 1 heterocycles.